The molecule has 13 nitrogen and oxygen atoms in total. The van der Waals surface area contributed by atoms with Gasteiger partial charge in [-0.15, -0.1) is 0 Å². The van der Waals surface area contributed by atoms with Gasteiger partial charge >= 0.3 is 0 Å². The molecule has 0 radical (unpaired) electrons. The highest BCUT2D eigenvalue weighted by atomic mass is 16.5. The minimum atomic E-state index is -1.47. The summed E-state index contributed by atoms with van der Waals surface area (Å²) in [7, 11) is 0. The summed E-state index contributed by atoms with van der Waals surface area (Å²) < 4.78 is 6.60. The number of H-pyrrole nitrogens is 2. The zero-order valence-electron chi connectivity index (χ0n) is 44.4. The zero-order chi connectivity index (χ0) is 54.4. The molecule has 8 atom stereocenters. The Morgan fingerprint density at radius 2 is 1.61 bits per heavy atom. The van der Waals surface area contributed by atoms with Crippen molar-refractivity contribution >= 4 is 29.5 Å². The Bertz CT molecular complexity index is 3430. The van der Waals surface area contributed by atoms with Crippen molar-refractivity contribution in [1.82, 2.24) is 15.3 Å². The van der Waals surface area contributed by atoms with Crippen molar-refractivity contribution in [1.29, 1.82) is 0 Å². The highest BCUT2D eigenvalue weighted by molar-refractivity contribution is 6.05. The summed E-state index contributed by atoms with van der Waals surface area (Å²) in [6.07, 6.45) is 13.0. The second kappa shape index (κ2) is 22.2. The monoisotopic (exact) mass is 1060 g/mol. The van der Waals surface area contributed by atoms with E-state index in [1.54, 1.807) is 36.4 Å². The van der Waals surface area contributed by atoms with Gasteiger partial charge in [0.25, 0.3) is 0 Å². The molecular weight excluding hydrogens is 993 g/mol. The maximum Gasteiger partial charge on any atom is 0.163 e. The first-order chi connectivity index (χ1) is 38.4. The summed E-state index contributed by atoms with van der Waals surface area (Å²) in [5.74, 6) is 3.49. The van der Waals surface area contributed by atoms with Crippen molar-refractivity contribution in [2.45, 2.75) is 126 Å². The lowest BCUT2D eigenvalue weighted by Gasteiger charge is -2.39. The van der Waals surface area contributed by atoms with Gasteiger partial charge in [-0.05, 0) is 181 Å². The average Bonchev–Trinajstić information content (AvgIpc) is 4.45. The third-order valence-electron chi connectivity index (χ3n) is 17.9. The Hall–Kier alpha value is -7.18. The van der Waals surface area contributed by atoms with E-state index in [4.69, 9.17) is 4.74 Å². The number of rotatable bonds is 6. The molecule has 0 amide bonds. The predicted octanol–water partition coefficient (Wildman–Crippen LogP) is 8.93. The van der Waals surface area contributed by atoms with Gasteiger partial charge in [0.2, 0.25) is 0 Å². The van der Waals surface area contributed by atoms with E-state index in [2.05, 4.69) is 50.6 Å². The molecule has 0 saturated heterocycles. The first-order valence-electron chi connectivity index (χ1n) is 28.5. The molecule has 12 rings (SSSR count). The van der Waals surface area contributed by atoms with Gasteiger partial charge in [0, 0.05) is 67.0 Å². The maximum atomic E-state index is 16.2. The molecule has 6 aliphatic rings. The SMILES string of the molecule is O=C1CCc2cc(OC3CCCC3)c(O)c(c2)[C@@H](O)c2cc3c4cc2-c2ccccc2CCCNC[C@H](C#C[C@H](Nc2[nH]ccc2C3)C2=Cc3[nH]ccc3[C@H](C[C@]3(O)C=Cc5c(O)cccc5CC3)[C@H]2C(=O)[C@H]1CCO)[C@@H](O)C4. The molecule has 3 aliphatic heterocycles. The number of hydrogen-bond acceptors (Lipinski definition) is 11. The number of ether oxygens (including phenoxy) is 1. The van der Waals surface area contributed by atoms with Crippen molar-refractivity contribution in [3.05, 3.63) is 164 Å². The highest BCUT2D eigenvalue weighted by Crippen LogP contribution is 2.49. The van der Waals surface area contributed by atoms with Gasteiger partial charge in [-0.1, -0.05) is 72.5 Å². The number of aromatic hydroxyl groups is 2. The third-order valence-corrected chi connectivity index (χ3v) is 17.9. The number of aliphatic hydroxyl groups excluding tert-OH is 3. The first-order valence-corrected chi connectivity index (χ1v) is 28.5. The lowest BCUT2D eigenvalue weighted by molar-refractivity contribution is -0.135. The average molecular weight is 1060 g/mol. The lowest BCUT2D eigenvalue weighted by Crippen LogP contribution is -2.43. The van der Waals surface area contributed by atoms with Crippen LogP contribution in [-0.2, 0) is 41.7 Å². The fourth-order valence-corrected chi connectivity index (χ4v) is 13.6. The van der Waals surface area contributed by atoms with E-state index in [1.165, 1.54) is 0 Å². The molecule has 4 aromatic carbocycles. The normalized spacial score (nSPS) is 26.0. The number of phenols is 2. The van der Waals surface area contributed by atoms with Crippen molar-refractivity contribution in [2.24, 2.45) is 17.8 Å². The Balaban J connectivity index is 1.08. The second-order valence-electron chi connectivity index (χ2n) is 22.9. The fraction of sp³-hybridized carbons (Fsp3) is 0.394. The van der Waals surface area contributed by atoms with Crippen LogP contribution in [0.5, 0.6) is 17.2 Å². The molecule has 3 aliphatic carbocycles. The van der Waals surface area contributed by atoms with Crippen molar-refractivity contribution in [2.75, 3.05) is 25.0 Å². The number of fused-ring (bicyclic) bond motifs is 14. The standard InChI is InChI=1S/C66H70N4O9/c71-28-22-49-58(73)17-14-38-29-53(63(76)60(30-38)79-45-10-2-3-11-45)62(75)51-33-43-31-41-20-26-69-65(41)70-55(16-15-42-37-67-25-6-9-39-7-1-4-12-46(39)50(51)32-44(43)34-59(42)74)52-35-56-48(21-27-68-56)54(61(52)64(49)77)36-66(78)23-18-40-8-5-13-57(72)47(40)19-24-66/h1,4-5,7-8,12-13,19-21,24,26-27,29-30,32-33,35,42,45,49,54-55,59,61-62,67-72,74-76,78H,2-3,6,9-11,14,17-18,22-23,25,28,31,34,36-37H2/t42-,49-,54-,55-,59-,61-,62-,66+/m0/s1. The van der Waals surface area contributed by atoms with Crippen LogP contribution in [0.25, 0.3) is 23.3 Å². The van der Waals surface area contributed by atoms with E-state index < -0.39 is 59.9 Å². The summed E-state index contributed by atoms with van der Waals surface area (Å²) in [6.45, 7) is 0.561. The highest BCUT2D eigenvalue weighted by Gasteiger charge is 2.47. The molecule has 1 fully saturated rings. The smallest absolute Gasteiger partial charge is 0.163 e. The number of carbonyl (C=O) groups is 2. The van der Waals surface area contributed by atoms with Gasteiger partial charge in [0.05, 0.1) is 29.6 Å². The predicted molar refractivity (Wildman–Crippen MR) is 304 cm³/mol. The molecule has 0 unspecified atom stereocenters. The van der Waals surface area contributed by atoms with Crippen molar-refractivity contribution in [3.63, 3.8) is 0 Å². The number of aromatic amines is 2. The molecule has 1 saturated carbocycles. The first kappa shape index (κ1) is 52.5. The summed E-state index contributed by atoms with van der Waals surface area (Å²) >= 11 is 0. The largest absolute Gasteiger partial charge is 0.507 e. The van der Waals surface area contributed by atoms with Gasteiger partial charge in [-0.3, -0.25) is 9.59 Å². The minimum Gasteiger partial charge on any atom is -0.507 e. The van der Waals surface area contributed by atoms with Gasteiger partial charge in [-0.25, -0.2) is 0 Å². The number of carbonyl (C=O) groups excluding carboxylic acids is 2. The van der Waals surface area contributed by atoms with E-state index in [1.807, 2.05) is 54.9 Å². The number of nitrogens with one attached hydrogen (secondary N) is 4. The molecular formula is C66H70N4O9. The number of Topliss-reactive ketones (excluding diaryl/α,β-unsaturated/α-hetero) is 2. The number of aromatic nitrogens is 2. The Kier molecular flexibility index (Phi) is 14.7. The van der Waals surface area contributed by atoms with Gasteiger partial charge in [0.15, 0.2) is 17.3 Å². The van der Waals surface area contributed by atoms with Crippen LogP contribution in [0.2, 0.25) is 0 Å². The number of benzene rings is 4. The number of phenolic OH excluding ortho intramolecular Hbond substituents is 2. The fourth-order valence-electron chi connectivity index (χ4n) is 13.6. The molecule has 79 heavy (non-hydrogen) atoms. The van der Waals surface area contributed by atoms with Crippen LogP contribution in [-0.4, -0.2) is 95.7 Å². The van der Waals surface area contributed by atoms with E-state index >= 15 is 9.59 Å². The molecule has 5 heterocycles. The van der Waals surface area contributed by atoms with Crippen LogP contribution in [0.1, 0.15) is 131 Å². The Morgan fingerprint density at radius 3 is 2.47 bits per heavy atom. The number of aryl methyl sites for hydroxylation is 3. The van der Waals surface area contributed by atoms with E-state index in [0.717, 1.165) is 88.7 Å². The van der Waals surface area contributed by atoms with Gasteiger partial charge < -0.3 is 56.0 Å². The van der Waals surface area contributed by atoms with E-state index in [-0.39, 0.29) is 66.8 Å². The number of anilines is 1. The number of hydrogen-bond donors (Lipinski definition) is 10. The van der Waals surface area contributed by atoms with E-state index in [9.17, 15) is 30.6 Å². The minimum absolute atomic E-state index is 0.0728. The molecule has 6 aromatic rings. The summed E-state index contributed by atoms with van der Waals surface area (Å²) in [4.78, 5) is 38.2. The molecule has 408 valence electrons. The van der Waals surface area contributed by atoms with Crippen LogP contribution in [0.15, 0.2) is 103 Å². The Morgan fingerprint density at radius 1 is 0.772 bits per heavy atom. The van der Waals surface area contributed by atoms with Crippen molar-refractivity contribution in [3.8, 4) is 40.2 Å². The quantitative estimate of drug-likeness (QED) is 0.0561. The van der Waals surface area contributed by atoms with Crippen LogP contribution in [0.3, 0.4) is 0 Å². The van der Waals surface area contributed by atoms with Gasteiger partial charge in [-0.2, -0.15) is 0 Å². The lowest BCUT2D eigenvalue weighted by atomic mass is 9.65. The summed E-state index contributed by atoms with van der Waals surface area (Å²) in [6, 6.07) is 24.2. The van der Waals surface area contributed by atoms with E-state index in [0.29, 0.717) is 60.4 Å². The maximum absolute atomic E-state index is 16.2. The number of ketones is 2. The molecule has 10 N–H and O–H groups in total. The summed E-state index contributed by atoms with van der Waals surface area (Å²) in [5, 5.41) is 80.1. The number of aliphatic hydroxyl groups is 4. The van der Waals surface area contributed by atoms with Crippen LogP contribution >= 0.6 is 0 Å². The Labute approximate surface area is 460 Å². The van der Waals surface area contributed by atoms with Crippen LogP contribution in [0, 0.1) is 29.6 Å². The second-order valence-corrected chi connectivity index (χ2v) is 22.9. The van der Waals surface area contributed by atoms with Crippen LogP contribution in [0.4, 0.5) is 5.82 Å². The van der Waals surface area contributed by atoms with Crippen molar-refractivity contribution < 1.29 is 45.0 Å². The van der Waals surface area contributed by atoms with Crippen LogP contribution < -0.4 is 15.4 Å². The van der Waals surface area contributed by atoms with Gasteiger partial charge in [0.1, 0.15) is 29.5 Å². The third kappa shape index (κ3) is 10.5. The zero-order valence-corrected chi connectivity index (χ0v) is 44.4. The topological polar surface area (TPSA) is 220 Å². The molecule has 13 heteroatoms. The molecule has 0 spiro atoms. The molecule has 8 bridgehead atoms. The summed E-state index contributed by atoms with van der Waals surface area (Å²) in [5.41, 5.74) is 8.98. The molecule has 2 aromatic heterocycles.